The lowest BCUT2D eigenvalue weighted by Crippen LogP contribution is -2.56. The van der Waals surface area contributed by atoms with Gasteiger partial charge in [-0.05, 0) is 56.4 Å². The molecule has 0 heterocycles. The van der Waals surface area contributed by atoms with Gasteiger partial charge in [-0.15, -0.1) is 0 Å². The van der Waals surface area contributed by atoms with Crippen molar-refractivity contribution in [1.82, 2.24) is 0 Å². The van der Waals surface area contributed by atoms with E-state index in [1.165, 1.54) is 13.8 Å². The lowest BCUT2D eigenvalue weighted by Gasteiger charge is -2.57. The van der Waals surface area contributed by atoms with Gasteiger partial charge in [-0.1, -0.05) is 12.5 Å². The van der Waals surface area contributed by atoms with Gasteiger partial charge in [0.2, 0.25) is 0 Å². The second-order valence-corrected chi connectivity index (χ2v) is 9.81. The molecule has 4 rings (SSSR count). The molecule has 160 valence electrons. The van der Waals surface area contributed by atoms with E-state index in [0.29, 0.717) is 12.8 Å². The maximum Gasteiger partial charge on any atom is 0.302 e. The molecule has 0 unspecified atom stereocenters. The zero-order valence-corrected chi connectivity index (χ0v) is 17.5. The highest BCUT2D eigenvalue weighted by Gasteiger charge is 2.63. The van der Waals surface area contributed by atoms with Crippen molar-refractivity contribution in [2.75, 3.05) is 6.61 Å². The van der Waals surface area contributed by atoms with Gasteiger partial charge in [0.15, 0.2) is 5.78 Å². The van der Waals surface area contributed by atoms with Gasteiger partial charge in [-0.3, -0.25) is 14.4 Å². The SMILES string of the molecule is CC(=O)OC[C@]12CC[C@H](F)CC1=CC(=O)[C@@H]1[C@@H]2CC[C@]2(C)[C@@H](OC(C)=O)CC[C@@H]12. The summed E-state index contributed by atoms with van der Waals surface area (Å²) in [6.07, 6.45) is 5.16. The van der Waals surface area contributed by atoms with Gasteiger partial charge < -0.3 is 9.47 Å². The third-order valence-corrected chi connectivity index (χ3v) is 8.36. The monoisotopic (exact) mass is 406 g/mol. The molecule has 0 amide bonds. The Kier molecular flexibility index (Phi) is 5.11. The summed E-state index contributed by atoms with van der Waals surface area (Å²) in [5, 5.41) is 0. The first-order chi connectivity index (χ1) is 13.7. The summed E-state index contributed by atoms with van der Waals surface area (Å²) in [6.45, 7) is 5.21. The summed E-state index contributed by atoms with van der Waals surface area (Å²) in [4.78, 5) is 36.5. The van der Waals surface area contributed by atoms with Gasteiger partial charge in [0, 0.05) is 37.0 Å². The molecule has 0 bridgehead atoms. The van der Waals surface area contributed by atoms with Crippen LogP contribution >= 0.6 is 0 Å². The van der Waals surface area contributed by atoms with Crippen LogP contribution < -0.4 is 0 Å². The molecule has 29 heavy (non-hydrogen) atoms. The summed E-state index contributed by atoms with van der Waals surface area (Å²) in [5.41, 5.74) is 0.184. The van der Waals surface area contributed by atoms with E-state index < -0.39 is 11.6 Å². The molecule has 5 nitrogen and oxygen atoms in total. The van der Waals surface area contributed by atoms with Crippen molar-refractivity contribution in [3.8, 4) is 0 Å². The van der Waals surface area contributed by atoms with Crippen LogP contribution in [0.25, 0.3) is 0 Å². The van der Waals surface area contributed by atoms with Crippen LogP contribution in [0.2, 0.25) is 0 Å². The van der Waals surface area contributed by atoms with E-state index in [2.05, 4.69) is 6.92 Å². The molecule has 0 N–H and O–H groups in total. The molecule has 3 saturated carbocycles. The molecular formula is C23H31FO5. The molecule has 3 fully saturated rings. The third-order valence-electron chi connectivity index (χ3n) is 8.36. The van der Waals surface area contributed by atoms with Crippen LogP contribution in [0.4, 0.5) is 4.39 Å². The van der Waals surface area contributed by atoms with E-state index in [4.69, 9.17) is 9.47 Å². The Bertz CT molecular complexity index is 760. The van der Waals surface area contributed by atoms with Crippen LogP contribution in [0.15, 0.2) is 11.6 Å². The number of allylic oxidation sites excluding steroid dienone is 1. The Balaban J connectivity index is 1.70. The Morgan fingerprint density at radius 1 is 1.10 bits per heavy atom. The molecular weight excluding hydrogens is 375 g/mol. The van der Waals surface area contributed by atoms with E-state index in [-0.39, 0.29) is 60.0 Å². The quantitative estimate of drug-likeness (QED) is 0.664. The van der Waals surface area contributed by atoms with Gasteiger partial charge in [0.25, 0.3) is 0 Å². The highest BCUT2D eigenvalue weighted by Crippen LogP contribution is 2.64. The average Bonchev–Trinajstić information content (AvgIpc) is 2.96. The second-order valence-electron chi connectivity index (χ2n) is 9.81. The van der Waals surface area contributed by atoms with Gasteiger partial charge in [-0.25, -0.2) is 4.39 Å². The van der Waals surface area contributed by atoms with Gasteiger partial charge in [0.1, 0.15) is 18.9 Å². The fourth-order valence-electron chi connectivity index (χ4n) is 7.02. The van der Waals surface area contributed by atoms with Crippen LogP contribution in [0.1, 0.15) is 65.7 Å². The predicted molar refractivity (Wildman–Crippen MR) is 104 cm³/mol. The molecule has 4 aliphatic carbocycles. The summed E-state index contributed by atoms with van der Waals surface area (Å²) in [6, 6.07) is 0. The number of hydrogen-bond acceptors (Lipinski definition) is 5. The number of hydrogen-bond donors (Lipinski definition) is 0. The maximum absolute atomic E-state index is 14.2. The first-order valence-electron chi connectivity index (χ1n) is 10.9. The normalized spacial score (nSPS) is 43.5. The van der Waals surface area contributed by atoms with Crippen molar-refractivity contribution in [1.29, 1.82) is 0 Å². The number of esters is 2. The number of halogens is 1. The Labute approximate surface area is 171 Å². The lowest BCUT2D eigenvalue weighted by atomic mass is 9.47. The average molecular weight is 406 g/mol. The topological polar surface area (TPSA) is 69.7 Å². The number of carbonyl (C=O) groups is 3. The van der Waals surface area contributed by atoms with Crippen LogP contribution in [0.5, 0.6) is 0 Å². The Morgan fingerprint density at radius 3 is 2.55 bits per heavy atom. The molecule has 0 saturated heterocycles. The van der Waals surface area contributed by atoms with Crippen molar-refractivity contribution in [3.63, 3.8) is 0 Å². The standard InChI is InChI=1S/C23H31FO5/c1-13(25)28-12-23-9-6-16(24)10-15(23)11-19(27)21-17-4-5-20(29-14(2)26)22(17,3)8-7-18(21)23/h11,16-18,20-21H,4-10,12H2,1-3H3/t16-,17-,18-,20-,21-,22-,23+/m0/s1. The van der Waals surface area contributed by atoms with Crippen molar-refractivity contribution < 1.29 is 28.2 Å². The van der Waals surface area contributed by atoms with E-state index in [9.17, 15) is 18.8 Å². The van der Waals surface area contributed by atoms with E-state index in [1.54, 1.807) is 6.08 Å². The number of ketones is 1. The molecule has 0 aromatic carbocycles. The minimum absolute atomic E-state index is 0.0519. The fourth-order valence-corrected chi connectivity index (χ4v) is 7.02. The lowest BCUT2D eigenvalue weighted by molar-refractivity contribution is -0.161. The van der Waals surface area contributed by atoms with Gasteiger partial charge in [0.05, 0.1) is 0 Å². The summed E-state index contributed by atoms with van der Waals surface area (Å²) >= 11 is 0. The third kappa shape index (κ3) is 3.23. The Morgan fingerprint density at radius 2 is 1.86 bits per heavy atom. The van der Waals surface area contributed by atoms with Crippen LogP contribution in [0, 0.1) is 28.6 Å². The van der Waals surface area contributed by atoms with E-state index in [0.717, 1.165) is 31.3 Å². The van der Waals surface area contributed by atoms with Crippen molar-refractivity contribution in [3.05, 3.63) is 11.6 Å². The Hall–Kier alpha value is -1.72. The maximum atomic E-state index is 14.2. The van der Waals surface area contributed by atoms with E-state index in [1.807, 2.05) is 0 Å². The molecule has 0 aliphatic heterocycles. The number of carbonyl (C=O) groups excluding carboxylic acids is 3. The fraction of sp³-hybridized carbons (Fsp3) is 0.783. The summed E-state index contributed by atoms with van der Waals surface area (Å²) in [7, 11) is 0. The van der Waals surface area contributed by atoms with Crippen molar-refractivity contribution in [2.45, 2.75) is 78.0 Å². The first kappa shape index (κ1) is 20.5. The zero-order valence-electron chi connectivity index (χ0n) is 17.5. The summed E-state index contributed by atoms with van der Waals surface area (Å²) < 4.78 is 25.3. The number of fused-ring (bicyclic) bond motifs is 5. The van der Waals surface area contributed by atoms with Crippen LogP contribution in [-0.2, 0) is 23.9 Å². The number of ether oxygens (including phenoxy) is 2. The van der Waals surface area contributed by atoms with Crippen LogP contribution in [0.3, 0.4) is 0 Å². The minimum atomic E-state index is -0.940. The number of rotatable bonds is 3. The number of alkyl halides is 1. The molecule has 4 aliphatic rings. The van der Waals surface area contributed by atoms with Crippen molar-refractivity contribution in [2.24, 2.45) is 28.6 Å². The smallest absolute Gasteiger partial charge is 0.302 e. The second kappa shape index (κ2) is 7.21. The highest BCUT2D eigenvalue weighted by molar-refractivity contribution is 5.94. The molecule has 0 radical (unpaired) electrons. The zero-order chi connectivity index (χ0) is 21.0. The predicted octanol–water partition coefficient (Wildman–Crippen LogP) is 3.94. The van der Waals surface area contributed by atoms with Gasteiger partial charge in [-0.2, -0.15) is 0 Å². The molecule has 0 aromatic rings. The molecule has 0 spiro atoms. The molecule has 0 aromatic heterocycles. The summed E-state index contributed by atoms with van der Waals surface area (Å²) in [5.74, 6) is -0.527. The molecule has 7 atom stereocenters. The minimum Gasteiger partial charge on any atom is -0.465 e. The first-order valence-corrected chi connectivity index (χ1v) is 10.9. The van der Waals surface area contributed by atoms with E-state index >= 15 is 0 Å². The van der Waals surface area contributed by atoms with Gasteiger partial charge >= 0.3 is 11.9 Å². The van der Waals surface area contributed by atoms with Crippen molar-refractivity contribution >= 4 is 17.7 Å². The highest BCUT2D eigenvalue weighted by atomic mass is 19.1. The largest absolute Gasteiger partial charge is 0.465 e. The van der Waals surface area contributed by atoms with Crippen LogP contribution in [-0.4, -0.2) is 36.6 Å². The molecule has 6 heteroatoms.